The number of hydrogen-bond acceptors (Lipinski definition) is 2. The van der Waals surface area contributed by atoms with Crippen molar-refractivity contribution in [2.75, 3.05) is 11.6 Å². The van der Waals surface area contributed by atoms with E-state index in [0.717, 1.165) is 27.2 Å². The largest absolute Gasteiger partial charge is 0.758 e. The molecule has 1 rings (SSSR count). The second-order valence-electron chi connectivity index (χ2n) is 2.91. The quantitative estimate of drug-likeness (QED) is 0.601. The second kappa shape index (κ2) is 4.63. The van der Waals surface area contributed by atoms with Crippen LogP contribution in [0.4, 0.5) is 5.69 Å². The van der Waals surface area contributed by atoms with Crippen molar-refractivity contribution in [1.82, 2.24) is 0 Å². The monoisotopic (exact) mass is 242 g/mol. The van der Waals surface area contributed by atoms with Gasteiger partial charge in [0, 0.05) is 17.6 Å². The van der Waals surface area contributed by atoms with Crippen molar-refractivity contribution in [3.05, 3.63) is 34.5 Å². The Morgan fingerprint density at radius 2 is 2.15 bits per heavy atom. The molecule has 0 bridgehead atoms. The highest BCUT2D eigenvalue weighted by molar-refractivity contribution is 9.08. The Bertz CT molecular complexity index is 288. The molecule has 0 aliphatic rings. The fourth-order valence-electron chi connectivity index (χ4n) is 1.34. The van der Waals surface area contributed by atoms with Crippen molar-refractivity contribution in [1.29, 1.82) is 0 Å². The van der Waals surface area contributed by atoms with E-state index in [4.69, 9.17) is 0 Å². The van der Waals surface area contributed by atoms with Gasteiger partial charge >= 0.3 is 0 Å². The van der Waals surface area contributed by atoms with E-state index in [1.807, 2.05) is 32.0 Å². The van der Waals surface area contributed by atoms with Crippen molar-refractivity contribution in [3.63, 3.8) is 0 Å². The molecule has 0 saturated carbocycles. The molecular weight excluding hydrogens is 230 g/mol. The standard InChI is InChI=1S/C10H13BrNO/c1-3-12(13)10-8(2)5-4-6-9(10)7-11/h4-6H,3,7H2,1-2H3/q-1. The van der Waals surface area contributed by atoms with Gasteiger partial charge in [0.05, 0.1) is 0 Å². The number of anilines is 1. The smallest absolute Gasteiger partial charge is 0.0329 e. The minimum atomic E-state index is 0.491. The number of halogens is 1. The van der Waals surface area contributed by atoms with E-state index >= 15 is 0 Å². The lowest BCUT2D eigenvalue weighted by molar-refractivity contribution is 1.00. The third-order valence-electron chi connectivity index (χ3n) is 2.00. The molecule has 3 heteroatoms. The molecule has 0 fully saturated rings. The summed E-state index contributed by atoms with van der Waals surface area (Å²) in [6.45, 7) is 4.31. The zero-order valence-corrected chi connectivity index (χ0v) is 9.47. The van der Waals surface area contributed by atoms with Gasteiger partial charge in [0.2, 0.25) is 0 Å². The van der Waals surface area contributed by atoms with Gasteiger partial charge in [-0.25, -0.2) is 0 Å². The number of hydrogen-bond donors (Lipinski definition) is 0. The number of rotatable bonds is 3. The van der Waals surface area contributed by atoms with Gasteiger partial charge in [-0.3, -0.25) is 0 Å². The molecule has 0 saturated heterocycles. The highest BCUT2D eigenvalue weighted by Crippen LogP contribution is 2.26. The molecule has 0 amide bonds. The SMILES string of the molecule is CCN([O-])c1c(C)cccc1CBr. The van der Waals surface area contributed by atoms with Crippen LogP contribution in [-0.2, 0) is 5.33 Å². The Labute approximate surface area is 87.3 Å². The Balaban J connectivity index is 3.14. The molecule has 0 atom stereocenters. The Hall–Kier alpha value is -0.540. The number of aryl methyl sites for hydroxylation is 1. The molecule has 0 unspecified atom stereocenters. The molecule has 0 aliphatic carbocycles. The summed E-state index contributed by atoms with van der Waals surface area (Å²) < 4.78 is 0. The average molecular weight is 243 g/mol. The van der Waals surface area contributed by atoms with E-state index in [1.54, 1.807) is 0 Å². The van der Waals surface area contributed by atoms with Crippen LogP contribution in [0.5, 0.6) is 0 Å². The van der Waals surface area contributed by atoms with Gasteiger partial charge in [0.25, 0.3) is 0 Å². The predicted octanol–water partition coefficient (Wildman–Crippen LogP) is 3.21. The summed E-state index contributed by atoms with van der Waals surface area (Å²) in [4.78, 5) is 0. The molecule has 0 N–H and O–H groups in total. The maximum atomic E-state index is 11.5. The molecule has 72 valence electrons. The lowest BCUT2D eigenvalue weighted by Crippen LogP contribution is -2.16. The summed E-state index contributed by atoms with van der Waals surface area (Å²) in [6, 6.07) is 5.90. The van der Waals surface area contributed by atoms with Crippen molar-refractivity contribution in [3.8, 4) is 0 Å². The maximum absolute atomic E-state index is 11.5. The molecule has 0 heterocycles. The van der Waals surface area contributed by atoms with Gasteiger partial charge in [-0.05, 0) is 25.0 Å². The van der Waals surface area contributed by atoms with Crippen molar-refractivity contribution in [2.45, 2.75) is 19.2 Å². The van der Waals surface area contributed by atoms with E-state index in [2.05, 4.69) is 15.9 Å². The molecular formula is C10H13BrNO-. The van der Waals surface area contributed by atoms with E-state index in [-0.39, 0.29) is 0 Å². The van der Waals surface area contributed by atoms with Gasteiger partial charge < -0.3 is 10.3 Å². The van der Waals surface area contributed by atoms with Crippen LogP contribution in [0, 0.1) is 12.1 Å². The first-order valence-corrected chi connectivity index (χ1v) is 5.42. The molecule has 0 radical (unpaired) electrons. The van der Waals surface area contributed by atoms with Crippen molar-refractivity contribution in [2.24, 2.45) is 0 Å². The number of para-hydroxylation sites is 1. The van der Waals surface area contributed by atoms with Crippen molar-refractivity contribution >= 4 is 21.6 Å². The van der Waals surface area contributed by atoms with Crippen molar-refractivity contribution < 1.29 is 0 Å². The zero-order valence-electron chi connectivity index (χ0n) is 7.88. The zero-order chi connectivity index (χ0) is 9.84. The second-order valence-corrected chi connectivity index (χ2v) is 3.47. The molecule has 1 aromatic rings. The summed E-state index contributed by atoms with van der Waals surface area (Å²) in [5, 5.41) is 13.3. The normalized spacial score (nSPS) is 10.2. The summed E-state index contributed by atoms with van der Waals surface area (Å²) >= 11 is 3.37. The lowest BCUT2D eigenvalue weighted by atomic mass is 10.1. The summed E-state index contributed by atoms with van der Waals surface area (Å²) in [5.41, 5.74) is 2.90. The number of nitrogens with zero attached hydrogens (tertiary/aromatic N) is 1. The van der Waals surface area contributed by atoms with Crippen LogP contribution in [0.2, 0.25) is 0 Å². The minimum Gasteiger partial charge on any atom is -0.758 e. The third kappa shape index (κ3) is 2.23. The van der Waals surface area contributed by atoms with Crippen LogP contribution >= 0.6 is 15.9 Å². The van der Waals surface area contributed by atoms with Gasteiger partial charge in [-0.1, -0.05) is 34.1 Å². The maximum Gasteiger partial charge on any atom is 0.0329 e. The third-order valence-corrected chi connectivity index (χ3v) is 2.61. The fraction of sp³-hybridized carbons (Fsp3) is 0.400. The highest BCUT2D eigenvalue weighted by Gasteiger charge is 2.04. The number of hydroxylamine groups is 1. The first-order chi connectivity index (χ1) is 6.20. The minimum absolute atomic E-state index is 0.491. The Kier molecular flexibility index (Phi) is 3.75. The van der Waals surface area contributed by atoms with E-state index in [0.29, 0.717) is 6.54 Å². The Morgan fingerprint density at radius 1 is 1.46 bits per heavy atom. The molecule has 1 aromatic carbocycles. The summed E-state index contributed by atoms with van der Waals surface area (Å²) in [7, 11) is 0. The van der Waals surface area contributed by atoms with E-state index < -0.39 is 0 Å². The lowest BCUT2D eigenvalue weighted by Gasteiger charge is -2.32. The topological polar surface area (TPSA) is 26.3 Å². The summed E-state index contributed by atoms with van der Waals surface area (Å²) in [6.07, 6.45) is 0. The van der Waals surface area contributed by atoms with Crippen LogP contribution in [0.25, 0.3) is 0 Å². The van der Waals surface area contributed by atoms with Gasteiger partial charge in [-0.2, -0.15) is 0 Å². The van der Waals surface area contributed by atoms with Crippen LogP contribution in [0.3, 0.4) is 0 Å². The van der Waals surface area contributed by atoms with Crippen LogP contribution in [0.1, 0.15) is 18.1 Å². The number of benzene rings is 1. The van der Waals surface area contributed by atoms with Crippen LogP contribution in [-0.4, -0.2) is 6.54 Å². The summed E-state index contributed by atoms with van der Waals surface area (Å²) in [5.74, 6) is 0. The highest BCUT2D eigenvalue weighted by atomic mass is 79.9. The molecule has 2 nitrogen and oxygen atoms in total. The molecule has 13 heavy (non-hydrogen) atoms. The first kappa shape index (κ1) is 10.5. The molecule has 0 spiro atoms. The van der Waals surface area contributed by atoms with E-state index in [9.17, 15) is 5.21 Å². The first-order valence-electron chi connectivity index (χ1n) is 4.29. The molecule has 0 aromatic heterocycles. The Morgan fingerprint density at radius 3 is 2.69 bits per heavy atom. The molecule has 0 aliphatic heterocycles. The predicted molar refractivity (Wildman–Crippen MR) is 60.2 cm³/mol. The van der Waals surface area contributed by atoms with Gasteiger partial charge in [0.15, 0.2) is 0 Å². The van der Waals surface area contributed by atoms with Crippen LogP contribution < -0.4 is 5.06 Å². The van der Waals surface area contributed by atoms with Crippen LogP contribution in [0.15, 0.2) is 18.2 Å². The van der Waals surface area contributed by atoms with Gasteiger partial charge in [0.1, 0.15) is 0 Å². The van der Waals surface area contributed by atoms with Gasteiger partial charge in [-0.15, -0.1) is 0 Å². The fourth-order valence-corrected chi connectivity index (χ4v) is 1.80. The average Bonchev–Trinajstić information content (AvgIpc) is 2.16. The number of alkyl halides is 1. The van der Waals surface area contributed by atoms with E-state index in [1.165, 1.54) is 0 Å².